The molecule has 3 rings (SSSR count). The molecule has 0 fully saturated rings. The number of carbonyl (C=O) groups is 1. The Bertz CT molecular complexity index is 757. The number of halogens is 1. The second-order valence-corrected chi connectivity index (χ2v) is 5.08. The van der Waals surface area contributed by atoms with Gasteiger partial charge in [-0.25, -0.2) is 4.39 Å². The highest BCUT2D eigenvalue weighted by Gasteiger charge is 2.11. The van der Waals surface area contributed by atoms with Gasteiger partial charge in [-0.2, -0.15) is 0 Å². The molecular weight excluding hydrogens is 289 g/mol. The number of aromatic nitrogens is 2. The smallest absolute Gasteiger partial charge is 0.258 e. The lowest BCUT2D eigenvalue weighted by atomic mass is 10.1. The van der Waals surface area contributed by atoms with Crippen LogP contribution in [0.5, 0.6) is 0 Å². The molecule has 1 heterocycles. The van der Waals surface area contributed by atoms with Gasteiger partial charge in [0.05, 0.1) is 16.6 Å². The van der Waals surface area contributed by atoms with Gasteiger partial charge in [-0.3, -0.25) is 4.79 Å². The summed E-state index contributed by atoms with van der Waals surface area (Å²) in [6.07, 6.45) is 1.68. The molecular formula is C15H10FN3OS. The van der Waals surface area contributed by atoms with E-state index in [4.69, 9.17) is 0 Å². The molecule has 0 aliphatic heterocycles. The zero-order chi connectivity index (χ0) is 14.7. The SMILES string of the molecule is O=C(Nc1ccc(-c2cnns2)cc1)c1ccccc1F. The predicted molar refractivity (Wildman–Crippen MR) is 79.7 cm³/mol. The Hall–Kier alpha value is -2.60. The fourth-order valence-corrected chi connectivity index (χ4v) is 2.37. The minimum Gasteiger partial charge on any atom is -0.322 e. The molecule has 0 bridgehead atoms. The number of nitrogens with zero attached hydrogens (tertiary/aromatic N) is 2. The van der Waals surface area contributed by atoms with Gasteiger partial charge in [0, 0.05) is 5.69 Å². The summed E-state index contributed by atoms with van der Waals surface area (Å²) in [5.74, 6) is -1.01. The van der Waals surface area contributed by atoms with Crippen LogP contribution in [0.4, 0.5) is 10.1 Å². The van der Waals surface area contributed by atoms with Crippen molar-refractivity contribution in [2.24, 2.45) is 0 Å². The monoisotopic (exact) mass is 299 g/mol. The number of hydrogen-bond donors (Lipinski definition) is 1. The Balaban J connectivity index is 1.77. The van der Waals surface area contributed by atoms with Gasteiger partial charge in [0.15, 0.2) is 0 Å². The molecule has 1 aromatic heterocycles. The van der Waals surface area contributed by atoms with E-state index in [-0.39, 0.29) is 5.56 Å². The molecule has 21 heavy (non-hydrogen) atoms. The van der Waals surface area contributed by atoms with Gasteiger partial charge in [0.25, 0.3) is 5.91 Å². The van der Waals surface area contributed by atoms with Crippen molar-refractivity contribution in [3.63, 3.8) is 0 Å². The third kappa shape index (κ3) is 2.95. The maximum atomic E-state index is 13.5. The van der Waals surface area contributed by atoms with E-state index in [2.05, 4.69) is 14.9 Å². The van der Waals surface area contributed by atoms with Crippen LogP contribution in [0.3, 0.4) is 0 Å². The molecule has 2 aromatic carbocycles. The topological polar surface area (TPSA) is 54.9 Å². The largest absolute Gasteiger partial charge is 0.322 e. The second kappa shape index (κ2) is 5.80. The van der Waals surface area contributed by atoms with E-state index < -0.39 is 11.7 Å². The summed E-state index contributed by atoms with van der Waals surface area (Å²) in [5, 5.41) is 6.44. The van der Waals surface area contributed by atoms with Crippen LogP contribution in [0, 0.1) is 5.82 Å². The molecule has 104 valence electrons. The summed E-state index contributed by atoms with van der Waals surface area (Å²) < 4.78 is 17.3. The minimum absolute atomic E-state index is 0.0215. The van der Waals surface area contributed by atoms with Gasteiger partial charge in [-0.05, 0) is 41.4 Å². The van der Waals surface area contributed by atoms with Crippen LogP contribution >= 0.6 is 11.5 Å². The third-order valence-electron chi connectivity index (χ3n) is 2.91. The number of carbonyl (C=O) groups excluding carboxylic acids is 1. The number of amides is 1. The highest BCUT2D eigenvalue weighted by Crippen LogP contribution is 2.23. The number of anilines is 1. The van der Waals surface area contributed by atoms with Crippen molar-refractivity contribution in [1.29, 1.82) is 0 Å². The lowest BCUT2D eigenvalue weighted by Gasteiger charge is -2.06. The molecule has 0 saturated carbocycles. The highest BCUT2D eigenvalue weighted by molar-refractivity contribution is 7.09. The van der Waals surface area contributed by atoms with E-state index in [9.17, 15) is 9.18 Å². The van der Waals surface area contributed by atoms with Gasteiger partial charge >= 0.3 is 0 Å². The van der Waals surface area contributed by atoms with Crippen molar-refractivity contribution in [3.05, 3.63) is 66.1 Å². The molecule has 0 radical (unpaired) electrons. The zero-order valence-corrected chi connectivity index (χ0v) is 11.6. The number of nitrogens with one attached hydrogen (secondary N) is 1. The fraction of sp³-hybridized carbons (Fsp3) is 0. The molecule has 0 aliphatic carbocycles. The van der Waals surface area contributed by atoms with Crippen LogP contribution in [0.25, 0.3) is 10.4 Å². The van der Waals surface area contributed by atoms with Crippen LogP contribution in [-0.4, -0.2) is 15.5 Å². The van der Waals surface area contributed by atoms with E-state index in [0.29, 0.717) is 5.69 Å². The van der Waals surface area contributed by atoms with Crippen LogP contribution in [0.15, 0.2) is 54.7 Å². The normalized spacial score (nSPS) is 10.3. The van der Waals surface area contributed by atoms with Crippen molar-refractivity contribution in [2.45, 2.75) is 0 Å². The zero-order valence-electron chi connectivity index (χ0n) is 10.8. The van der Waals surface area contributed by atoms with Gasteiger partial charge in [0.2, 0.25) is 0 Å². The summed E-state index contributed by atoms with van der Waals surface area (Å²) in [5.41, 5.74) is 1.59. The van der Waals surface area contributed by atoms with Gasteiger partial charge in [-0.1, -0.05) is 28.8 Å². The van der Waals surface area contributed by atoms with E-state index in [1.807, 2.05) is 12.1 Å². The van der Waals surface area contributed by atoms with Crippen LogP contribution in [0.1, 0.15) is 10.4 Å². The molecule has 0 unspecified atom stereocenters. The fourth-order valence-electron chi connectivity index (χ4n) is 1.86. The summed E-state index contributed by atoms with van der Waals surface area (Å²) >= 11 is 1.30. The second-order valence-electron chi connectivity index (χ2n) is 4.29. The Morgan fingerprint density at radius 2 is 1.86 bits per heavy atom. The third-order valence-corrected chi connectivity index (χ3v) is 3.62. The Morgan fingerprint density at radius 3 is 2.52 bits per heavy atom. The summed E-state index contributed by atoms with van der Waals surface area (Å²) in [6, 6.07) is 13.1. The first-order chi connectivity index (χ1) is 10.2. The predicted octanol–water partition coefficient (Wildman–Crippen LogP) is 3.60. The van der Waals surface area contributed by atoms with Crippen molar-refractivity contribution in [3.8, 4) is 10.4 Å². The van der Waals surface area contributed by atoms with E-state index >= 15 is 0 Å². The summed E-state index contributed by atoms with van der Waals surface area (Å²) in [7, 11) is 0. The quantitative estimate of drug-likeness (QED) is 0.804. The molecule has 4 nitrogen and oxygen atoms in total. The Labute approximate surface area is 124 Å². The summed E-state index contributed by atoms with van der Waals surface area (Å²) in [6.45, 7) is 0. The van der Waals surface area contributed by atoms with E-state index in [1.54, 1.807) is 30.5 Å². The molecule has 6 heteroatoms. The van der Waals surface area contributed by atoms with Crippen molar-refractivity contribution in [2.75, 3.05) is 5.32 Å². The molecule has 0 aliphatic rings. The lowest BCUT2D eigenvalue weighted by molar-refractivity contribution is 0.102. The first-order valence-corrected chi connectivity index (χ1v) is 6.95. The van der Waals surface area contributed by atoms with E-state index in [1.165, 1.54) is 23.7 Å². The minimum atomic E-state index is -0.539. The van der Waals surface area contributed by atoms with E-state index in [0.717, 1.165) is 10.4 Å². The molecule has 1 amide bonds. The molecule has 0 atom stereocenters. The Morgan fingerprint density at radius 1 is 1.10 bits per heavy atom. The standard InChI is InChI=1S/C15H10FN3OS/c16-13-4-2-1-3-12(13)15(20)18-11-7-5-10(6-8-11)14-9-17-19-21-14/h1-9H,(H,18,20). The number of hydrogen-bond acceptors (Lipinski definition) is 4. The summed E-state index contributed by atoms with van der Waals surface area (Å²) in [4.78, 5) is 12.9. The molecule has 3 aromatic rings. The molecule has 0 spiro atoms. The lowest BCUT2D eigenvalue weighted by Crippen LogP contribution is -2.13. The van der Waals surface area contributed by atoms with Gasteiger partial charge in [-0.15, -0.1) is 5.10 Å². The van der Waals surface area contributed by atoms with Crippen LogP contribution in [0.2, 0.25) is 0 Å². The van der Waals surface area contributed by atoms with Crippen molar-refractivity contribution in [1.82, 2.24) is 9.59 Å². The average molecular weight is 299 g/mol. The Kier molecular flexibility index (Phi) is 3.70. The van der Waals surface area contributed by atoms with Gasteiger partial charge in [0.1, 0.15) is 5.82 Å². The number of benzene rings is 2. The maximum Gasteiger partial charge on any atom is 0.258 e. The maximum absolute atomic E-state index is 13.5. The van der Waals surface area contributed by atoms with Crippen molar-refractivity contribution >= 4 is 23.1 Å². The van der Waals surface area contributed by atoms with Crippen LogP contribution < -0.4 is 5.32 Å². The number of rotatable bonds is 3. The van der Waals surface area contributed by atoms with Gasteiger partial charge < -0.3 is 5.32 Å². The average Bonchev–Trinajstić information content (AvgIpc) is 3.02. The first-order valence-electron chi connectivity index (χ1n) is 6.18. The van der Waals surface area contributed by atoms with Crippen molar-refractivity contribution < 1.29 is 9.18 Å². The van der Waals surface area contributed by atoms with Crippen LogP contribution in [-0.2, 0) is 0 Å². The molecule has 1 N–H and O–H groups in total. The molecule has 0 saturated heterocycles. The highest BCUT2D eigenvalue weighted by atomic mass is 32.1. The first kappa shape index (κ1) is 13.4.